The fraction of sp³-hybridized carbons (Fsp3) is 0.889. The van der Waals surface area contributed by atoms with Gasteiger partial charge < -0.3 is 14.8 Å². The number of aldehydes is 1. The van der Waals surface area contributed by atoms with Gasteiger partial charge in [0.15, 0.2) is 0 Å². The molecule has 0 rings (SSSR count). The van der Waals surface area contributed by atoms with Gasteiger partial charge in [-0.05, 0) is 25.4 Å². The molecule has 0 radical (unpaired) electrons. The molecule has 22 heavy (non-hydrogen) atoms. The highest BCUT2D eigenvalue weighted by Crippen LogP contribution is 2.34. The van der Waals surface area contributed by atoms with E-state index in [4.69, 9.17) is 0 Å². The van der Waals surface area contributed by atoms with Crippen LogP contribution in [0.1, 0.15) is 75.2 Å². The summed E-state index contributed by atoms with van der Waals surface area (Å²) < 4.78 is 4.61. The van der Waals surface area contributed by atoms with Crippen LogP contribution in [0.2, 0.25) is 0 Å². The first-order valence-corrected chi connectivity index (χ1v) is 8.32. The van der Waals surface area contributed by atoms with Gasteiger partial charge in [0.05, 0.1) is 13.5 Å². The SMILES string of the molecule is CC.CC.CCNC.COC(=O)CC(C)(C)CC(C)(C)C=O. The molecule has 0 aromatic carbocycles. The maximum Gasteiger partial charge on any atom is 0.306 e. The molecule has 1 N–H and O–H groups in total. The Morgan fingerprint density at radius 1 is 1.09 bits per heavy atom. The van der Waals surface area contributed by atoms with Gasteiger partial charge >= 0.3 is 5.97 Å². The average molecular weight is 320 g/mol. The van der Waals surface area contributed by atoms with Crippen LogP contribution < -0.4 is 5.32 Å². The van der Waals surface area contributed by atoms with E-state index >= 15 is 0 Å². The van der Waals surface area contributed by atoms with Crippen LogP contribution in [-0.2, 0) is 14.3 Å². The summed E-state index contributed by atoms with van der Waals surface area (Å²) in [6.45, 7) is 18.8. The van der Waals surface area contributed by atoms with E-state index in [0.29, 0.717) is 12.8 Å². The van der Waals surface area contributed by atoms with Crippen molar-refractivity contribution in [3.05, 3.63) is 0 Å². The Balaban J connectivity index is -0.000000170. The van der Waals surface area contributed by atoms with Crippen LogP contribution in [0.15, 0.2) is 0 Å². The average Bonchev–Trinajstić information content (AvgIpc) is 2.49. The van der Waals surface area contributed by atoms with Gasteiger partial charge in [-0.3, -0.25) is 4.79 Å². The van der Waals surface area contributed by atoms with Crippen LogP contribution in [0.25, 0.3) is 0 Å². The molecule has 0 saturated heterocycles. The first kappa shape index (κ1) is 29.2. The second kappa shape index (κ2) is 18.1. The molecule has 0 amide bonds. The Bertz CT molecular complexity index is 247. The van der Waals surface area contributed by atoms with Gasteiger partial charge in [-0.25, -0.2) is 0 Å². The standard InChI is InChI=1S/C11H20O3.C3H9N.2C2H6/c1-10(2,6-9(13)14-5)7-11(3,4)8-12;1-3-4-2;2*1-2/h8H,6-7H2,1-5H3;4H,3H2,1-2H3;2*1-2H3. The van der Waals surface area contributed by atoms with E-state index in [2.05, 4.69) is 17.0 Å². The van der Waals surface area contributed by atoms with Crippen molar-refractivity contribution in [1.82, 2.24) is 5.32 Å². The molecule has 0 aliphatic carbocycles. The summed E-state index contributed by atoms with van der Waals surface area (Å²) in [4.78, 5) is 21.8. The molecule has 0 atom stereocenters. The van der Waals surface area contributed by atoms with Crippen molar-refractivity contribution in [1.29, 1.82) is 0 Å². The minimum absolute atomic E-state index is 0.197. The van der Waals surface area contributed by atoms with Gasteiger partial charge in [-0.2, -0.15) is 0 Å². The molecule has 0 unspecified atom stereocenters. The number of carbonyl (C=O) groups is 2. The first-order valence-electron chi connectivity index (χ1n) is 8.32. The van der Waals surface area contributed by atoms with Crippen LogP contribution in [0.5, 0.6) is 0 Å². The summed E-state index contributed by atoms with van der Waals surface area (Å²) in [7, 11) is 3.31. The van der Waals surface area contributed by atoms with E-state index < -0.39 is 0 Å². The summed E-state index contributed by atoms with van der Waals surface area (Å²) in [5.74, 6) is -0.225. The van der Waals surface area contributed by atoms with Gasteiger partial charge in [0.25, 0.3) is 0 Å². The molecule has 0 aliphatic heterocycles. The lowest BCUT2D eigenvalue weighted by atomic mass is 9.74. The number of hydrogen-bond acceptors (Lipinski definition) is 4. The highest BCUT2D eigenvalue weighted by molar-refractivity contribution is 5.70. The van der Waals surface area contributed by atoms with Crippen molar-refractivity contribution in [3.63, 3.8) is 0 Å². The Labute approximate surface area is 139 Å². The normalized spacial score (nSPS) is 9.77. The summed E-state index contributed by atoms with van der Waals surface area (Å²) in [6, 6.07) is 0. The Morgan fingerprint density at radius 3 is 1.68 bits per heavy atom. The predicted molar refractivity (Wildman–Crippen MR) is 97.2 cm³/mol. The Kier molecular flexibility index (Phi) is 24.1. The van der Waals surface area contributed by atoms with E-state index in [1.165, 1.54) is 7.11 Å². The van der Waals surface area contributed by atoms with E-state index in [1.807, 2.05) is 62.4 Å². The third-order valence-electron chi connectivity index (χ3n) is 2.46. The maximum absolute atomic E-state index is 11.1. The van der Waals surface area contributed by atoms with Crippen molar-refractivity contribution >= 4 is 12.3 Å². The topological polar surface area (TPSA) is 55.4 Å². The quantitative estimate of drug-likeness (QED) is 0.580. The molecule has 0 aromatic rings. The lowest BCUT2D eigenvalue weighted by molar-refractivity contribution is -0.143. The molecule has 0 aromatic heterocycles. The number of esters is 1. The second-order valence-corrected chi connectivity index (χ2v) is 5.91. The van der Waals surface area contributed by atoms with Gasteiger partial charge in [-0.1, -0.05) is 62.3 Å². The smallest absolute Gasteiger partial charge is 0.306 e. The van der Waals surface area contributed by atoms with Crippen molar-refractivity contribution in [2.45, 2.75) is 75.2 Å². The zero-order chi connectivity index (χ0) is 18.8. The van der Waals surface area contributed by atoms with Gasteiger partial charge in [-0.15, -0.1) is 0 Å². The number of methoxy groups -OCH3 is 1. The predicted octanol–water partition coefficient (Wildman–Crippen LogP) is 4.47. The molecular formula is C18H41NO3. The van der Waals surface area contributed by atoms with Gasteiger partial charge in [0, 0.05) is 5.41 Å². The lowest BCUT2D eigenvalue weighted by Gasteiger charge is -2.30. The van der Waals surface area contributed by atoms with Crippen LogP contribution in [0.4, 0.5) is 0 Å². The van der Waals surface area contributed by atoms with E-state index in [9.17, 15) is 9.59 Å². The summed E-state index contributed by atoms with van der Waals surface area (Å²) in [5, 5.41) is 2.93. The summed E-state index contributed by atoms with van der Waals surface area (Å²) in [5.41, 5.74) is -0.574. The Morgan fingerprint density at radius 2 is 1.45 bits per heavy atom. The maximum atomic E-state index is 11.1. The molecule has 0 saturated carbocycles. The van der Waals surface area contributed by atoms with Crippen LogP contribution in [0.3, 0.4) is 0 Å². The van der Waals surface area contributed by atoms with Crippen LogP contribution in [-0.4, -0.2) is 33.0 Å². The lowest BCUT2D eigenvalue weighted by Crippen LogP contribution is -2.27. The zero-order valence-electron chi connectivity index (χ0n) is 16.9. The van der Waals surface area contributed by atoms with Gasteiger partial charge in [0.1, 0.15) is 6.29 Å². The molecule has 0 bridgehead atoms. The summed E-state index contributed by atoms with van der Waals surface area (Å²) >= 11 is 0. The highest BCUT2D eigenvalue weighted by atomic mass is 16.5. The third kappa shape index (κ3) is 24.1. The van der Waals surface area contributed by atoms with Crippen LogP contribution in [0, 0.1) is 10.8 Å². The molecular weight excluding hydrogens is 278 g/mol. The molecule has 0 heterocycles. The third-order valence-corrected chi connectivity index (χ3v) is 2.46. The number of hydrogen-bond donors (Lipinski definition) is 1. The highest BCUT2D eigenvalue weighted by Gasteiger charge is 2.30. The van der Waals surface area contributed by atoms with E-state index in [1.54, 1.807) is 0 Å². The fourth-order valence-electron chi connectivity index (χ4n) is 1.80. The van der Waals surface area contributed by atoms with Crippen molar-refractivity contribution < 1.29 is 14.3 Å². The molecule has 4 nitrogen and oxygen atoms in total. The molecule has 0 aliphatic rings. The minimum atomic E-state index is -0.377. The number of nitrogens with one attached hydrogen (secondary N) is 1. The van der Waals surface area contributed by atoms with Crippen molar-refractivity contribution in [2.75, 3.05) is 20.7 Å². The zero-order valence-corrected chi connectivity index (χ0v) is 16.9. The van der Waals surface area contributed by atoms with Crippen LogP contribution >= 0.6 is 0 Å². The first-order chi connectivity index (χ1) is 10.1. The Hall–Kier alpha value is -0.900. The van der Waals surface area contributed by atoms with E-state index in [-0.39, 0.29) is 16.8 Å². The molecule has 136 valence electrons. The van der Waals surface area contributed by atoms with Gasteiger partial charge in [0.2, 0.25) is 0 Å². The molecule has 0 fully saturated rings. The fourth-order valence-corrected chi connectivity index (χ4v) is 1.80. The van der Waals surface area contributed by atoms with Crippen molar-refractivity contribution in [3.8, 4) is 0 Å². The minimum Gasteiger partial charge on any atom is -0.469 e. The van der Waals surface area contributed by atoms with E-state index in [0.717, 1.165) is 12.8 Å². The molecule has 4 heteroatoms. The number of carbonyl (C=O) groups excluding carboxylic acids is 2. The number of ether oxygens (including phenoxy) is 1. The summed E-state index contributed by atoms with van der Waals surface area (Å²) in [6.07, 6.45) is 1.96. The molecule has 0 spiro atoms. The largest absolute Gasteiger partial charge is 0.469 e. The number of rotatable bonds is 6. The van der Waals surface area contributed by atoms with Crippen molar-refractivity contribution in [2.24, 2.45) is 10.8 Å². The monoisotopic (exact) mass is 319 g/mol. The second-order valence-electron chi connectivity index (χ2n) is 5.91.